The van der Waals surface area contributed by atoms with E-state index >= 15 is 0 Å². The van der Waals surface area contributed by atoms with Gasteiger partial charge in [-0.1, -0.05) is 26.0 Å². The van der Waals surface area contributed by atoms with Crippen LogP contribution >= 0.6 is 0 Å². The molecule has 17 heavy (non-hydrogen) atoms. The molecule has 2 atom stereocenters. The summed E-state index contributed by atoms with van der Waals surface area (Å²) in [5, 5.41) is 6.26. The molecule has 1 aliphatic rings. The smallest absolute Gasteiger partial charge is 0.227 e. The van der Waals surface area contributed by atoms with Crippen LogP contribution in [0.2, 0.25) is 0 Å². The second-order valence-electron chi connectivity index (χ2n) is 4.79. The maximum absolute atomic E-state index is 11.8. The number of amides is 1. The molecular formula is C14H20N2O. The van der Waals surface area contributed by atoms with Gasteiger partial charge in [0, 0.05) is 18.2 Å². The van der Waals surface area contributed by atoms with E-state index in [1.165, 1.54) is 5.56 Å². The molecule has 1 aliphatic carbocycles. The van der Waals surface area contributed by atoms with Gasteiger partial charge in [-0.2, -0.15) is 0 Å². The van der Waals surface area contributed by atoms with Crippen molar-refractivity contribution in [3.63, 3.8) is 0 Å². The Balaban J connectivity index is 1.93. The van der Waals surface area contributed by atoms with Crippen LogP contribution in [0.25, 0.3) is 0 Å². The molecule has 2 unspecified atom stereocenters. The van der Waals surface area contributed by atoms with Gasteiger partial charge in [0.25, 0.3) is 0 Å². The topological polar surface area (TPSA) is 41.1 Å². The molecule has 0 spiro atoms. The largest absolute Gasteiger partial charge is 0.326 e. The molecule has 0 aromatic heterocycles. The molecule has 2 rings (SSSR count). The van der Waals surface area contributed by atoms with Gasteiger partial charge in [-0.25, -0.2) is 0 Å². The van der Waals surface area contributed by atoms with Crippen molar-refractivity contribution in [1.82, 2.24) is 5.32 Å². The molecule has 1 saturated carbocycles. The number of rotatable bonds is 5. The number of carbonyl (C=O) groups excluding carboxylic acids is 1. The van der Waals surface area contributed by atoms with Crippen molar-refractivity contribution in [3.8, 4) is 0 Å². The first-order valence-corrected chi connectivity index (χ1v) is 6.31. The number of hydrogen-bond acceptors (Lipinski definition) is 2. The van der Waals surface area contributed by atoms with Crippen LogP contribution in [0.5, 0.6) is 0 Å². The summed E-state index contributed by atoms with van der Waals surface area (Å²) in [6.07, 6.45) is 1.03. The Morgan fingerprint density at radius 1 is 1.47 bits per heavy atom. The molecule has 2 N–H and O–H groups in total. The van der Waals surface area contributed by atoms with Gasteiger partial charge in [0.1, 0.15) is 0 Å². The lowest BCUT2D eigenvalue weighted by Gasteiger charge is -2.07. The van der Waals surface area contributed by atoms with Crippen LogP contribution in [0, 0.1) is 11.8 Å². The Hall–Kier alpha value is -1.35. The normalized spacial score (nSPS) is 22.2. The summed E-state index contributed by atoms with van der Waals surface area (Å²) in [5.74, 6) is 0.950. The van der Waals surface area contributed by atoms with Crippen LogP contribution in [-0.4, -0.2) is 12.5 Å². The first kappa shape index (κ1) is 12.1. The van der Waals surface area contributed by atoms with Gasteiger partial charge in [0.15, 0.2) is 0 Å². The minimum Gasteiger partial charge on any atom is -0.326 e. The molecule has 3 nitrogen and oxygen atoms in total. The van der Waals surface area contributed by atoms with Crippen LogP contribution in [0.1, 0.15) is 25.8 Å². The van der Waals surface area contributed by atoms with Crippen molar-refractivity contribution < 1.29 is 4.79 Å². The lowest BCUT2D eigenvalue weighted by atomic mass is 10.2. The lowest BCUT2D eigenvalue weighted by Crippen LogP contribution is -2.15. The second-order valence-corrected chi connectivity index (χ2v) is 4.79. The SMILES string of the molecule is CCNCc1cccc(NC(=O)C2CC2C)c1. The Bertz CT molecular complexity index is 403. The summed E-state index contributed by atoms with van der Waals surface area (Å²) in [5.41, 5.74) is 2.11. The number of nitrogens with one attached hydrogen (secondary N) is 2. The fraction of sp³-hybridized carbons (Fsp3) is 0.500. The maximum Gasteiger partial charge on any atom is 0.227 e. The van der Waals surface area contributed by atoms with Crippen molar-refractivity contribution in [2.75, 3.05) is 11.9 Å². The first-order chi connectivity index (χ1) is 8.20. The summed E-state index contributed by atoms with van der Waals surface area (Å²) in [7, 11) is 0. The average molecular weight is 232 g/mol. The van der Waals surface area contributed by atoms with Crippen molar-refractivity contribution in [3.05, 3.63) is 29.8 Å². The summed E-state index contributed by atoms with van der Waals surface area (Å²) in [6.45, 7) is 6.00. The number of carbonyl (C=O) groups is 1. The third-order valence-electron chi connectivity index (χ3n) is 3.22. The van der Waals surface area contributed by atoms with E-state index in [-0.39, 0.29) is 11.8 Å². The summed E-state index contributed by atoms with van der Waals surface area (Å²) < 4.78 is 0. The highest BCUT2D eigenvalue weighted by molar-refractivity contribution is 5.94. The highest BCUT2D eigenvalue weighted by Crippen LogP contribution is 2.38. The Kier molecular flexibility index (Phi) is 3.79. The molecule has 92 valence electrons. The quantitative estimate of drug-likeness (QED) is 0.818. The van der Waals surface area contributed by atoms with Gasteiger partial charge in [-0.05, 0) is 36.6 Å². The predicted molar refractivity (Wildman–Crippen MR) is 69.7 cm³/mol. The van der Waals surface area contributed by atoms with E-state index < -0.39 is 0 Å². The van der Waals surface area contributed by atoms with Crippen LogP contribution in [-0.2, 0) is 11.3 Å². The van der Waals surface area contributed by atoms with Crippen LogP contribution in [0.15, 0.2) is 24.3 Å². The third kappa shape index (κ3) is 3.30. The van der Waals surface area contributed by atoms with E-state index in [0.717, 1.165) is 25.2 Å². The minimum absolute atomic E-state index is 0.165. The molecule has 0 heterocycles. The van der Waals surface area contributed by atoms with E-state index in [9.17, 15) is 4.79 Å². The molecule has 1 fully saturated rings. The molecule has 1 aromatic carbocycles. The van der Waals surface area contributed by atoms with Crippen LogP contribution < -0.4 is 10.6 Å². The van der Waals surface area contributed by atoms with Crippen molar-refractivity contribution in [2.24, 2.45) is 11.8 Å². The van der Waals surface area contributed by atoms with Gasteiger partial charge in [-0.15, -0.1) is 0 Å². The number of anilines is 1. The van der Waals surface area contributed by atoms with Gasteiger partial charge in [0.05, 0.1) is 0 Å². The van der Waals surface area contributed by atoms with E-state index in [0.29, 0.717) is 5.92 Å². The molecular weight excluding hydrogens is 212 g/mol. The molecule has 0 radical (unpaired) electrons. The van der Waals surface area contributed by atoms with E-state index in [2.05, 4.69) is 30.5 Å². The van der Waals surface area contributed by atoms with Crippen molar-refractivity contribution in [2.45, 2.75) is 26.8 Å². The van der Waals surface area contributed by atoms with Crippen molar-refractivity contribution >= 4 is 11.6 Å². The van der Waals surface area contributed by atoms with Crippen LogP contribution in [0.3, 0.4) is 0 Å². The van der Waals surface area contributed by atoms with E-state index in [4.69, 9.17) is 0 Å². The zero-order chi connectivity index (χ0) is 12.3. The molecule has 0 saturated heterocycles. The average Bonchev–Trinajstić information content (AvgIpc) is 3.04. The van der Waals surface area contributed by atoms with Crippen molar-refractivity contribution in [1.29, 1.82) is 0 Å². The van der Waals surface area contributed by atoms with E-state index in [1.807, 2.05) is 18.2 Å². The predicted octanol–water partition coefficient (Wildman–Crippen LogP) is 2.39. The number of benzene rings is 1. The van der Waals surface area contributed by atoms with Gasteiger partial charge < -0.3 is 10.6 Å². The van der Waals surface area contributed by atoms with Gasteiger partial charge >= 0.3 is 0 Å². The number of hydrogen-bond donors (Lipinski definition) is 2. The Morgan fingerprint density at radius 3 is 2.88 bits per heavy atom. The standard InChI is InChI=1S/C14H20N2O/c1-3-15-9-11-5-4-6-12(8-11)16-14(17)13-7-10(13)2/h4-6,8,10,13,15H,3,7,9H2,1-2H3,(H,16,17). The van der Waals surface area contributed by atoms with Crippen LogP contribution in [0.4, 0.5) is 5.69 Å². The van der Waals surface area contributed by atoms with Gasteiger partial charge in [-0.3, -0.25) is 4.79 Å². The highest BCUT2D eigenvalue weighted by Gasteiger charge is 2.38. The molecule has 1 amide bonds. The summed E-state index contributed by atoms with van der Waals surface area (Å²) >= 11 is 0. The second kappa shape index (κ2) is 5.32. The zero-order valence-corrected chi connectivity index (χ0v) is 10.5. The summed E-state index contributed by atoms with van der Waals surface area (Å²) in [6, 6.07) is 8.03. The third-order valence-corrected chi connectivity index (χ3v) is 3.22. The lowest BCUT2D eigenvalue weighted by molar-refractivity contribution is -0.117. The minimum atomic E-state index is 0.165. The monoisotopic (exact) mass is 232 g/mol. The highest BCUT2D eigenvalue weighted by atomic mass is 16.2. The molecule has 0 bridgehead atoms. The zero-order valence-electron chi connectivity index (χ0n) is 10.5. The molecule has 0 aliphatic heterocycles. The Morgan fingerprint density at radius 2 is 2.24 bits per heavy atom. The van der Waals surface area contributed by atoms with E-state index in [1.54, 1.807) is 0 Å². The first-order valence-electron chi connectivity index (χ1n) is 6.31. The maximum atomic E-state index is 11.8. The molecule has 3 heteroatoms. The van der Waals surface area contributed by atoms with Gasteiger partial charge in [0.2, 0.25) is 5.91 Å². The fourth-order valence-electron chi connectivity index (χ4n) is 1.95. The summed E-state index contributed by atoms with van der Waals surface area (Å²) in [4.78, 5) is 11.8. The fourth-order valence-corrected chi connectivity index (χ4v) is 1.95. The molecule has 1 aromatic rings. The Labute approximate surface area is 103 Å².